The van der Waals surface area contributed by atoms with E-state index in [0.29, 0.717) is 13.2 Å². The van der Waals surface area contributed by atoms with Crippen LogP contribution in [0.3, 0.4) is 0 Å². The Labute approximate surface area is 130 Å². The molecule has 2 aromatic heterocycles. The number of carbonyl (C=O) groups is 2. The largest absolute Gasteiger partial charge is 0.477 e. The van der Waals surface area contributed by atoms with Crippen molar-refractivity contribution in [2.75, 3.05) is 20.2 Å². The molecule has 3 rings (SSSR count). The second kappa shape index (κ2) is 5.90. The van der Waals surface area contributed by atoms with E-state index in [2.05, 4.69) is 10.2 Å². The fourth-order valence-electron chi connectivity index (χ4n) is 2.44. The van der Waals surface area contributed by atoms with Gasteiger partial charge in [0.15, 0.2) is 5.69 Å². The van der Waals surface area contributed by atoms with Crippen molar-refractivity contribution in [2.24, 2.45) is 0 Å². The molecule has 0 saturated carbocycles. The number of rotatable bonds is 4. The van der Waals surface area contributed by atoms with Crippen LogP contribution in [0.2, 0.25) is 0 Å². The number of H-pyrrole nitrogens is 1. The van der Waals surface area contributed by atoms with Gasteiger partial charge in [-0.15, -0.1) is 11.3 Å². The van der Waals surface area contributed by atoms with Gasteiger partial charge in [-0.2, -0.15) is 5.10 Å². The summed E-state index contributed by atoms with van der Waals surface area (Å²) in [5.74, 6) is -1.48. The monoisotopic (exact) mass is 321 g/mol. The van der Waals surface area contributed by atoms with E-state index in [1.807, 2.05) is 11.4 Å². The van der Waals surface area contributed by atoms with Crippen LogP contribution < -0.4 is 0 Å². The van der Waals surface area contributed by atoms with Gasteiger partial charge in [-0.1, -0.05) is 0 Å². The third-order valence-corrected chi connectivity index (χ3v) is 4.59. The highest BCUT2D eigenvalue weighted by atomic mass is 32.1. The number of carboxylic acids is 1. The van der Waals surface area contributed by atoms with E-state index in [9.17, 15) is 9.59 Å². The zero-order chi connectivity index (χ0) is 15.7. The highest BCUT2D eigenvalue weighted by Gasteiger charge is 2.26. The highest BCUT2D eigenvalue weighted by molar-refractivity contribution is 7.10. The molecule has 1 aliphatic heterocycles. The summed E-state index contributed by atoms with van der Waals surface area (Å²) < 4.78 is 5.75. The van der Waals surface area contributed by atoms with Crippen LogP contribution in [0.25, 0.3) is 0 Å². The number of thiophene rings is 1. The van der Waals surface area contributed by atoms with Crippen LogP contribution in [0.15, 0.2) is 17.5 Å². The van der Waals surface area contributed by atoms with Crippen molar-refractivity contribution >= 4 is 23.2 Å². The number of likely N-dealkylation sites (N-methyl/N-ethyl adjacent to an activating group) is 1. The maximum absolute atomic E-state index is 12.3. The fraction of sp³-hybridized carbons (Fsp3) is 0.357. The van der Waals surface area contributed by atoms with Crippen molar-refractivity contribution in [3.8, 4) is 0 Å². The molecule has 0 aromatic carbocycles. The molecule has 0 spiro atoms. The molecule has 1 amide bonds. The van der Waals surface area contributed by atoms with E-state index in [4.69, 9.17) is 9.84 Å². The number of fused-ring (bicyclic) bond motifs is 1. The highest BCUT2D eigenvalue weighted by Crippen LogP contribution is 2.31. The Morgan fingerprint density at radius 1 is 1.59 bits per heavy atom. The number of ether oxygens (including phenoxy) is 1. The molecule has 22 heavy (non-hydrogen) atoms. The van der Waals surface area contributed by atoms with Crippen LogP contribution in [-0.4, -0.2) is 52.3 Å². The number of aromatic amines is 1. The van der Waals surface area contributed by atoms with Gasteiger partial charge in [-0.25, -0.2) is 4.79 Å². The number of amides is 1. The number of hydrogen-bond donors (Lipinski definition) is 2. The maximum Gasteiger partial charge on any atom is 0.353 e. The molecular formula is C14H15N3O4S. The Morgan fingerprint density at radius 3 is 3.14 bits per heavy atom. The lowest BCUT2D eigenvalue weighted by Crippen LogP contribution is -2.33. The van der Waals surface area contributed by atoms with E-state index in [-0.39, 0.29) is 23.4 Å². The number of aromatic nitrogens is 2. The molecule has 0 fully saturated rings. The summed E-state index contributed by atoms with van der Waals surface area (Å²) in [4.78, 5) is 25.9. The molecule has 3 heterocycles. The first-order chi connectivity index (χ1) is 10.6. The van der Waals surface area contributed by atoms with Crippen molar-refractivity contribution in [3.05, 3.63) is 39.3 Å². The van der Waals surface area contributed by atoms with E-state index in [1.54, 1.807) is 18.4 Å². The van der Waals surface area contributed by atoms with Gasteiger partial charge in [0.25, 0.3) is 5.91 Å². The third-order valence-electron chi connectivity index (χ3n) is 3.59. The molecule has 1 atom stereocenters. The van der Waals surface area contributed by atoms with Crippen LogP contribution in [0.5, 0.6) is 0 Å². The number of nitrogens with one attached hydrogen (secondary N) is 1. The Bertz CT molecular complexity index is 709. The first-order valence-electron chi connectivity index (χ1n) is 6.78. The number of aromatic carboxylic acids is 1. The first-order valence-corrected chi connectivity index (χ1v) is 7.66. The minimum atomic E-state index is -1.15. The standard InChI is InChI=1S/C14H15N3O4S/c1-17(13(18)9-6-10(14(19)20)16-15-9)7-11-8-3-5-22-12(8)2-4-21-11/h3,5-6,11H,2,4,7H2,1H3,(H,15,16)(H,19,20). The van der Waals surface area contributed by atoms with Crippen molar-refractivity contribution in [3.63, 3.8) is 0 Å². The number of carboxylic acid groups (broad SMARTS) is 1. The normalized spacial score (nSPS) is 17.0. The summed E-state index contributed by atoms with van der Waals surface area (Å²) >= 11 is 1.70. The molecule has 8 heteroatoms. The molecule has 0 bridgehead atoms. The van der Waals surface area contributed by atoms with Crippen LogP contribution in [0.4, 0.5) is 0 Å². The van der Waals surface area contributed by atoms with Gasteiger partial charge < -0.3 is 14.7 Å². The quantitative estimate of drug-likeness (QED) is 0.891. The van der Waals surface area contributed by atoms with E-state index in [0.717, 1.165) is 12.0 Å². The number of carbonyl (C=O) groups excluding carboxylic acids is 1. The summed E-state index contributed by atoms with van der Waals surface area (Å²) in [5, 5.41) is 17.0. The van der Waals surface area contributed by atoms with Gasteiger partial charge in [0.1, 0.15) is 11.8 Å². The van der Waals surface area contributed by atoms with Crippen LogP contribution in [0.1, 0.15) is 37.5 Å². The predicted molar refractivity (Wildman–Crippen MR) is 79.2 cm³/mol. The van der Waals surface area contributed by atoms with E-state index in [1.165, 1.54) is 15.8 Å². The van der Waals surface area contributed by atoms with Gasteiger partial charge in [0, 0.05) is 24.4 Å². The predicted octanol–water partition coefficient (Wildman–Crippen LogP) is 1.56. The Kier molecular flexibility index (Phi) is 3.95. The summed E-state index contributed by atoms with van der Waals surface area (Å²) in [5.41, 5.74) is 1.11. The number of hydrogen-bond acceptors (Lipinski definition) is 5. The van der Waals surface area contributed by atoms with Gasteiger partial charge in [0.2, 0.25) is 0 Å². The minimum absolute atomic E-state index is 0.0845. The molecule has 7 nitrogen and oxygen atoms in total. The van der Waals surface area contributed by atoms with Gasteiger partial charge in [-0.05, 0) is 17.0 Å². The summed E-state index contributed by atoms with van der Waals surface area (Å²) in [7, 11) is 1.65. The topological polar surface area (TPSA) is 95.5 Å². The van der Waals surface area contributed by atoms with E-state index < -0.39 is 5.97 Å². The lowest BCUT2D eigenvalue weighted by atomic mass is 10.1. The van der Waals surface area contributed by atoms with Gasteiger partial charge >= 0.3 is 5.97 Å². The van der Waals surface area contributed by atoms with Gasteiger partial charge in [-0.3, -0.25) is 9.89 Å². The van der Waals surface area contributed by atoms with Crippen LogP contribution in [0, 0.1) is 0 Å². The Hall–Kier alpha value is -2.19. The molecule has 1 aliphatic rings. The molecule has 0 saturated heterocycles. The maximum atomic E-state index is 12.3. The van der Waals surface area contributed by atoms with Crippen LogP contribution >= 0.6 is 11.3 Å². The summed E-state index contributed by atoms with van der Waals surface area (Å²) in [6.07, 6.45) is 0.754. The second-order valence-electron chi connectivity index (χ2n) is 5.07. The number of nitrogens with zero attached hydrogens (tertiary/aromatic N) is 2. The second-order valence-corrected chi connectivity index (χ2v) is 6.07. The van der Waals surface area contributed by atoms with Crippen LogP contribution in [-0.2, 0) is 11.2 Å². The zero-order valence-electron chi connectivity index (χ0n) is 11.9. The lowest BCUT2D eigenvalue weighted by molar-refractivity contribution is 0.0208. The molecular weight excluding hydrogens is 306 g/mol. The Morgan fingerprint density at radius 2 is 2.41 bits per heavy atom. The molecule has 1 unspecified atom stereocenters. The lowest BCUT2D eigenvalue weighted by Gasteiger charge is -2.27. The summed E-state index contributed by atoms with van der Waals surface area (Å²) in [6, 6.07) is 3.26. The molecule has 0 radical (unpaired) electrons. The minimum Gasteiger partial charge on any atom is -0.477 e. The third kappa shape index (κ3) is 2.75. The average Bonchev–Trinajstić information content (AvgIpc) is 3.15. The molecule has 2 N–H and O–H groups in total. The van der Waals surface area contributed by atoms with Crippen molar-refractivity contribution in [2.45, 2.75) is 12.5 Å². The molecule has 2 aromatic rings. The van der Waals surface area contributed by atoms with Gasteiger partial charge in [0.05, 0.1) is 13.2 Å². The average molecular weight is 321 g/mol. The van der Waals surface area contributed by atoms with Crippen molar-refractivity contribution < 1.29 is 19.4 Å². The SMILES string of the molecule is CN(CC1OCCc2sccc21)C(=O)c1cc(C(=O)O)[nH]n1. The summed E-state index contributed by atoms with van der Waals surface area (Å²) in [6.45, 7) is 1.05. The fourth-order valence-corrected chi connectivity index (χ4v) is 3.36. The molecule has 116 valence electrons. The molecule has 0 aliphatic carbocycles. The Balaban J connectivity index is 1.71. The zero-order valence-corrected chi connectivity index (χ0v) is 12.7. The van der Waals surface area contributed by atoms with Crippen molar-refractivity contribution in [1.82, 2.24) is 15.1 Å². The first kappa shape index (κ1) is 14.7. The smallest absolute Gasteiger partial charge is 0.353 e. The van der Waals surface area contributed by atoms with Crippen molar-refractivity contribution in [1.29, 1.82) is 0 Å². The van der Waals surface area contributed by atoms with E-state index >= 15 is 0 Å².